The molecule has 2 fully saturated rings. The zero-order valence-electron chi connectivity index (χ0n) is 17.7. The van der Waals surface area contributed by atoms with Crippen LogP contribution in [0.4, 0.5) is 0 Å². The Kier molecular flexibility index (Phi) is 6.39. The standard InChI is InChI=1S/C25H33NO3/c1-3-5-18-8-11-22(12-9-18)29-24-7-4-6-20-14-19(10-13-23(20)24)15-26-16-21(17-26)25(27)28-2/h4,6-7,10,13-14,18,21-22H,3,5,8-9,11-12,15-17H2,1-2H3. The maximum Gasteiger partial charge on any atom is 0.311 e. The number of carbonyl (C=O) groups excluding carboxylic acids is 1. The number of benzene rings is 2. The summed E-state index contributed by atoms with van der Waals surface area (Å²) < 4.78 is 11.3. The summed E-state index contributed by atoms with van der Waals surface area (Å²) in [4.78, 5) is 13.8. The number of ether oxygens (including phenoxy) is 2. The van der Waals surface area contributed by atoms with Crippen LogP contribution in [0.3, 0.4) is 0 Å². The van der Waals surface area contributed by atoms with Gasteiger partial charge in [-0.25, -0.2) is 0 Å². The molecule has 1 aliphatic heterocycles. The van der Waals surface area contributed by atoms with Crippen LogP contribution in [0.2, 0.25) is 0 Å². The zero-order valence-corrected chi connectivity index (χ0v) is 17.7. The highest BCUT2D eigenvalue weighted by Crippen LogP contribution is 2.33. The van der Waals surface area contributed by atoms with Crippen LogP contribution in [0.25, 0.3) is 10.8 Å². The molecule has 0 atom stereocenters. The van der Waals surface area contributed by atoms with E-state index in [0.29, 0.717) is 6.10 Å². The molecule has 1 aliphatic carbocycles. The SMILES string of the molecule is CCCC1CCC(Oc2cccc3cc(CN4CC(C(=O)OC)C4)ccc23)CC1. The summed E-state index contributed by atoms with van der Waals surface area (Å²) in [5, 5.41) is 2.42. The van der Waals surface area contributed by atoms with Gasteiger partial charge < -0.3 is 9.47 Å². The molecule has 4 nitrogen and oxygen atoms in total. The van der Waals surface area contributed by atoms with E-state index in [4.69, 9.17) is 9.47 Å². The Labute approximate surface area is 174 Å². The fraction of sp³-hybridized carbons (Fsp3) is 0.560. The predicted molar refractivity (Wildman–Crippen MR) is 116 cm³/mol. The van der Waals surface area contributed by atoms with Crippen molar-refractivity contribution in [2.45, 2.75) is 58.1 Å². The van der Waals surface area contributed by atoms with Gasteiger partial charge >= 0.3 is 5.97 Å². The number of nitrogens with zero attached hydrogens (tertiary/aromatic N) is 1. The normalized spacial score (nSPS) is 23.0. The van der Waals surface area contributed by atoms with Gasteiger partial charge in [-0.3, -0.25) is 9.69 Å². The Hall–Kier alpha value is -2.07. The maximum atomic E-state index is 11.6. The molecule has 1 saturated heterocycles. The van der Waals surface area contributed by atoms with Crippen LogP contribution >= 0.6 is 0 Å². The second kappa shape index (κ2) is 9.17. The van der Waals surface area contributed by atoms with Crippen LogP contribution in [0.5, 0.6) is 5.75 Å². The van der Waals surface area contributed by atoms with Crippen molar-refractivity contribution < 1.29 is 14.3 Å². The van der Waals surface area contributed by atoms with Crippen molar-refractivity contribution in [2.75, 3.05) is 20.2 Å². The smallest absolute Gasteiger partial charge is 0.311 e. The summed E-state index contributed by atoms with van der Waals surface area (Å²) in [5.74, 6) is 1.86. The lowest BCUT2D eigenvalue weighted by molar-refractivity contribution is -0.151. The molecule has 4 rings (SSSR count). The highest BCUT2D eigenvalue weighted by molar-refractivity contribution is 5.88. The molecule has 0 spiro atoms. The molecular weight excluding hydrogens is 362 g/mol. The summed E-state index contributed by atoms with van der Waals surface area (Å²) in [6.45, 7) is 4.73. The van der Waals surface area contributed by atoms with Crippen LogP contribution in [-0.4, -0.2) is 37.2 Å². The Morgan fingerprint density at radius 2 is 1.90 bits per heavy atom. The van der Waals surface area contributed by atoms with Crippen molar-refractivity contribution >= 4 is 16.7 Å². The molecule has 2 aliphatic rings. The first-order chi connectivity index (χ1) is 14.2. The maximum absolute atomic E-state index is 11.6. The van der Waals surface area contributed by atoms with Gasteiger partial charge in [-0.05, 0) is 54.7 Å². The minimum absolute atomic E-state index is 0.0351. The van der Waals surface area contributed by atoms with Crippen LogP contribution in [0, 0.1) is 11.8 Å². The molecule has 0 radical (unpaired) electrons. The van der Waals surface area contributed by atoms with Crippen LogP contribution < -0.4 is 4.74 Å². The molecule has 0 bridgehead atoms. The molecule has 1 saturated carbocycles. The molecule has 0 N–H and O–H groups in total. The van der Waals surface area contributed by atoms with Crippen molar-refractivity contribution in [2.24, 2.45) is 11.8 Å². The first-order valence-corrected chi connectivity index (χ1v) is 11.1. The van der Waals surface area contributed by atoms with E-state index in [1.807, 2.05) is 0 Å². The second-order valence-electron chi connectivity index (χ2n) is 8.78. The minimum Gasteiger partial charge on any atom is -0.490 e. The lowest BCUT2D eigenvalue weighted by atomic mass is 9.84. The highest BCUT2D eigenvalue weighted by Gasteiger charge is 2.33. The lowest BCUT2D eigenvalue weighted by Crippen LogP contribution is -2.49. The molecular formula is C25H33NO3. The van der Waals surface area contributed by atoms with Gasteiger partial charge in [-0.2, -0.15) is 0 Å². The number of carbonyl (C=O) groups is 1. The van der Waals surface area contributed by atoms with E-state index in [-0.39, 0.29) is 11.9 Å². The first-order valence-electron chi connectivity index (χ1n) is 11.1. The Bertz CT molecular complexity index is 835. The minimum atomic E-state index is -0.0923. The number of hydrogen-bond acceptors (Lipinski definition) is 4. The quantitative estimate of drug-likeness (QED) is 0.605. The first kappa shape index (κ1) is 20.2. The monoisotopic (exact) mass is 395 g/mol. The van der Waals surface area contributed by atoms with Gasteiger partial charge in [0.15, 0.2) is 0 Å². The Morgan fingerprint density at radius 3 is 2.62 bits per heavy atom. The Morgan fingerprint density at radius 1 is 1.10 bits per heavy atom. The summed E-state index contributed by atoms with van der Waals surface area (Å²) in [5.41, 5.74) is 1.28. The van der Waals surface area contributed by atoms with Gasteiger partial charge in [-0.1, -0.05) is 44.0 Å². The highest BCUT2D eigenvalue weighted by atomic mass is 16.5. The van der Waals surface area contributed by atoms with E-state index in [1.165, 1.54) is 62.0 Å². The number of likely N-dealkylation sites (tertiary alicyclic amines) is 1. The second-order valence-corrected chi connectivity index (χ2v) is 8.78. The van der Waals surface area contributed by atoms with Crippen molar-refractivity contribution in [1.82, 2.24) is 4.90 Å². The molecule has 1 heterocycles. The molecule has 29 heavy (non-hydrogen) atoms. The third-order valence-electron chi connectivity index (χ3n) is 6.59. The number of methoxy groups -OCH3 is 1. The third-order valence-corrected chi connectivity index (χ3v) is 6.59. The number of esters is 1. The number of hydrogen-bond donors (Lipinski definition) is 0. The Balaban J connectivity index is 1.37. The number of fused-ring (bicyclic) bond motifs is 1. The fourth-order valence-corrected chi connectivity index (χ4v) is 4.90. The lowest BCUT2D eigenvalue weighted by Gasteiger charge is -2.37. The molecule has 2 aromatic rings. The summed E-state index contributed by atoms with van der Waals surface area (Å²) in [6, 6.07) is 13.0. The largest absolute Gasteiger partial charge is 0.490 e. The molecule has 4 heteroatoms. The number of rotatable bonds is 7. The molecule has 2 aromatic carbocycles. The topological polar surface area (TPSA) is 38.8 Å². The van der Waals surface area contributed by atoms with Crippen LogP contribution in [0.1, 0.15) is 51.0 Å². The fourth-order valence-electron chi connectivity index (χ4n) is 4.90. The zero-order chi connectivity index (χ0) is 20.2. The third kappa shape index (κ3) is 4.75. The molecule has 156 valence electrons. The van der Waals surface area contributed by atoms with Crippen molar-refractivity contribution in [3.8, 4) is 5.75 Å². The predicted octanol–water partition coefficient (Wildman–Crippen LogP) is 5.18. The summed E-state index contributed by atoms with van der Waals surface area (Å²) in [6.07, 6.45) is 7.96. The van der Waals surface area contributed by atoms with Crippen molar-refractivity contribution in [3.05, 3.63) is 42.0 Å². The van der Waals surface area contributed by atoms with Crippen LogP contribution in [-0.2, 0) is 16.1 Å². The van der Waals surface area contributed by atoms with Gasteiger partial charge in [0.05, 0.1) is 19.1 Å². The van der Waals surface area contributed by atoms with E-state index in [9.17, 15) is 4.79 Å². The van der Waals surface area contributed by atoms with Crippen LogP contribution in [0.15, 0.2) is 36.4 Å². The van der Waals surface area contributed by atoms with E-state index in [1.54, 1.807) is 0 Å². The van der Waals surface area contributed by atoms with Crippen molar-refractivity contribution in [3.63, 3.8) is 0 Å². The van der Waals surface area contributed by atoms with Gasteiger partial charge in [-0.15, -0.1) is 0 Å². The van der Waals surface area contributed by atoms with Gasteiger partial charge in [0.25, 0.3) is 0 Å². The van der Waals surface area contributed by atoms with Gasteiger partial charge in [0, 0.05) is 25.0 Å². The van der Waals surface area contributed by atoms with Crippen molar-refractivity contribution in [1.29, 1.82) is 0 Å². The summed E-state index contributed by atoms with van der Waals surface area (Å²) in [7, 11) is 1.46. The summed E-state index contributed by atoms with van der Waals surface area (Å²) >= 11 is 0. The molecule has 0 aromatic heterocycles. The van der Waals surface area contributed by atoms with E-state index in [2.05, 4.69) is 48.2 Å². The average molecular weight is 396 g/mol. The molecule has 0 amide bonds. The van der Waals surface area contributed by atoms with E-state index < -0.39 is 0 Å². The van der Waals surface area contributed by atoms with E-state index >= 15 is 0 Å². The van der Waals surface area contributed by atoms with E-state index in [0.717, 1.165) is 31.3 Å². The molecule has 0 unspecified atom stereocenters. The average Bonchev–Trinajstić information content (AvgIpc) is 2.71. The van der Waals surface area contributed by atoms with Gasteiger partial charge in [0.2, 0.25) is 0 Å². The van der Waals surface area contributed by atoms with Gasteiger partial charge in [0.1, 0.15) is 5.75 Å².